The number of nitrogens with one attached hydrogen (secondary N) is 1. The Balaban J connectivity index is 1.54. The second kappa shape index (κ2) is 7.64. The average molecular weight is 331 g/mol. The lowest BCUT2D eigenvalue weighted by atomic mass is 10.2. The van der Waals surface area contributed by atoms with Crippen LogP contribution in [0.1, 0.15) is 51.0 Å². The maximum atomic E-state index is 12.3. The van der Waals surface area contributed by atoms with Crippen molar-refractivity contribution in [3.63, 3.8) is 0 Å². The number of amides is 2. The molecule has 24 heavy (non-hydrogen) atoms. The number of pyridine rings is 1. The molecular weight excluding hydrogens is 306 g/mol. The SMILES string of the molecule is CC(=O)N1CCCC1C(=O)NCc1ccnc(OC2CCCC2)c1. The highest BCUT2D eigenvalue weighted by Crippen LogP contribution is 2.23. The van der Waals surface area contributed by atoms with Gasteiger partial charge in [-0.15, -0.1) is 0 Å². The Hall–Kier alpha value is -2.11. The summed E-state index contributed by atoms with van der Waals surface area (Å²) in [4.78, 5) is 29.8. The second-order valence-corrected chi connectivity index (χ2v) is 6.61. The molecule has 1 aromatic heterocycles. The van der Waals surface area contributed by atoms with Gasteiger partial charge in [0.15, 0.2) is 0 Å². The minimum absolute atomic E-state index is 0.0381. The molecule has 0 bridgehead atoms. The normalized spacial score (nSPS) is 21.0. The second-order valence-electron chi connectivity index (χ2n) is 6.61. The summed E-state index contributed by atoms with van der Waals surface area (Å²) in [5.74, 6) is 0.501. The van der Waals surface area contributed by atoms with Gasteiger partial charge in [-0.3, -0.25) is 9.59 Å². The molecule has 1 atom stereocenters. The van der Waals surface area contributed by atoms with E-state index in [2.05, 4.69) is 10.3 Å². The topological polar surface area (TPSA) is 71.5 Å². The van der Waals surface area contributed by atoms with Gasteiger partial charge in [0, 0.05) is 32.3 Å². The number of aromatic nitrogens is 1. The molecule has 0 aromatic carbocycles. The Labute approximate surface area is 142 Å². The minimum Gasteiger partial charge on any atom is -0.474 e. The Bertz CT molecular complexity index is 599. The lowest BCUT2D eigenvalue weighted by Gasteiger charge is -2.22. The molecule has 6 nitrogen and oxygen atoms in total. The number of ether oxygens (including phenoxy) is 1. The van der Waals surface area contributed by atoms with Gasteiger partial charge in [0.25, 0.3) is 0 Å². The minimum atomic E-state index is -0.335. The molecule has 3 rings (SSSR count). The van der Waals surface area contributed by atoms with E-state index < -0.39 is 0 Å². The van der Waals surface area contributed by atoms with E-state index >= 15 is 0 Å². The summed E-state index contributed by atoms with van der Waals surface area (Å²) in [5, 5.41) is 2.93. The van der Waals surface area contributed by atoms with Crippen molar-refractivity contribution in [3.05, 3.63) is 23.9 Å². The van der Waals surface area contributed by atoms with E-state index in [9.17, 15) is 9.59 Å². The predicted octanol–water partition coefficient (Wildman–Crippen LogP) is 2.03. The van der Waals surface area contributed by atoms with E-state index in [0.717, 1.165) is 31.2 Å². The smallest absolute Gasteiger partial charge is 0.243 e. The molecule has 2 aliphatic rings. The molecule has 1 saturated heterocycles. The Kier molecular flexibility index (Phi) is 5.33. The van der Waals surface area contributed by atoms with Crippen molar-refractivity contribution in [2.75, 3.05) is 6.54 Å². The van der Waals surface area contributed by atoms with Crippen molar-refractivity contribution in [1.82, 2.24) is 15.2 Å². The molecule has 1 saturated carbocycles. The quantitative estimate of drug-likeness (QED) is 0.896. The van der Waals surface area contributed by atoms with E-state index in [4.69, 9.17) is 4.74 Å². The van der Waals surface area contributed by atoms with Crippen LogP contribution in [-0.2, 0) is 16.1 Å². The van der Waals surface area contributed by atoms with Crippen molar-refractivity contribution in [2.45, 2.75) is 64.1 Å². The van der Waals surface area contributed by atoms with Crippen LogP contribution in [0.4, 0.5) is 0 Å². The fraction of sp³-hybridized carbons (Fsp3) is 0.611. The van der Waals surface area contributed by atoms with Gasteiger partial charge in [-0.25, -0.2) is 4.98 Å². The summed E-state index contributed by atoms with van der Waals surface area (Å²) in [6, 6.07) is 3.42. The number of nitrogens with zero attached hydrogens (tertiary/aromatic N) is 2. The van der Waals surface area contributed by atoms with Gasteiger partial charge in [0.1, 0.15) is 12.1 Å². The van der Waals surface area contributed by atoms with Gasteiger partial charge in [-0.2, -0.15) is 0 Å². The molecule has 1 aliphatic heterocycles. The highest BCUT2D eigenvalue weighted by molar-refractivity contribution is 5.87. The third-order valence-electron chi connectivity index (χ3n) is 4.82. The van der Waals surface area contributed by atoms with Crippen molar-refractivity contribution in [3.8, 4) is 5.88 Å². The summed E-state index contributed by atoms with van der Waals surface area (Å²) in [5.41, 5.74) is 0.957. The molecule has 130 valence electrons. The highest BCUT2D eigenvalue weighted by Gasteiger charge is 2.32. The summed E-state index contributed by atoms with van der Waals surface area (Å²) in [6.07, 6.45) is 8.21. The molecule has 0 radical (unpaired) electrons. The van der Waals surface area contributed by atoms with Gasteiger partial charge < -0.3 is 15.0 Å². The van der Waals surface area contributed by atoms with Crippen LogP contribution in [0.3, 0.4) is 0 Å². The number of rotatable bonds is 5. The summed E-state index contributed by atoms with van der Waals surface area (Å²) >= 11 is 0. The van der Waals surface area contributed by atoms with Crippen LogP contribution in [0.2, 0.25) is 0 Å². The van der Waals surface area contributed by atoms with Gasteiger partial charge >= 0.3 is 0 Å². The van der Waals surface area contributed by atoms with Gasteiger partial charge in [0.05, 0.1) is 0 Å². The standard InChI is InChI=1S/C18H25N3O3/c1-13(22)21-10-4-7-16(21)18(23)20-12-14-8-9-19-17(11-14)24-15-5-2-3-6-15/h8-9,11,15-16H,2-7,10,12H2,1H3,(H,20,23). The molecular formula is C18H25N3O3. The third-order valence-corrected chi connectivity index (χ3v) is 4.82. The van der Waals surface area contributed by atoms with E-state index in [1.807, 2.05) is 12.1 Å². The first-order valence-electron chi connectivity index (χ1n) is 8.80. The van der Waals surface area contributed by atoms with Crippen LogP contribution >= 0.6 is 0 Å². The Morgan fingerprint density at radius 3 is 2.83 bits per heavy atom. The first-order valence-corrected chi connectivity index (χ1v) is 8.80. The molecule has 1 N–H and O–H groups in total. The maximum absolute atomic E-state index is 12.3. The van der Waals surface area contributed by atoms with Crippen molar-refractivity contribution in [1.29, 1.82) is 0 Å². The van der Waals surface area contributed by atoms with Crippen LogP contribution in [0.5, 0.6) is 5.88 Å². The van der Waals surface area contributed by atoms with E-state index in [1.54, 1.807) is 11.1 Å². The van der Waals surface area contributed by atoms with E-state index in [1.165, 1.54) is 19.8 Å². The van der Waals surface area contributed by atoms with Crippen LogP contribution in [0.15, 0.2) is 18.3 Å². The third kappa shape index (κ3) is 4.04. The van der Waals surface area contributed by atoms with Crippen molar-refractivity contribution in [2.24, 2.45) is 0 Å². The molecule has 2 fully saturated rings. The van der Waals surface area contributed by atoms with Crippen LogP contribution in [-0.4, -0.2) is 40.4 Å². The van der Waals surface area contributed by atoms with Crippen molar-refractivity contribution < 1.29 is 14.3 Å². The Morgan fingerprint density at radius 2 is 2.08 bits per heavy atom. The molecule has 6 heteroatoms. The first kappa shape index (κ1) is 16.7. The van der Waals surface area contributed by atoms with Gasteiger partial charge in [-0.05, 0) is 50.2 Å². The molecule has 1 aliphatic carbocycles. The first-order chi connectivity index (χ1) is 11.6. The summed E-state index contributed by atoms with van der Waals surface area (Å²) in [7, 11) is 0. The van der Waals surface area contributed by atoms with E-state index in [-0.39, 0.29) is 24.0 Å². The number of likely N-dealkylation sites (tertiary alicyclic amines) is 1. The predicted molar refractivity (Wildman–Crippen MR) is 89.4 cm³/mol. The summed E-state index contributed by atoms with van der Waals surface area (Å²) < 4.78 is 5.89. The fourth-order valence-electron chi connectivity index (χ4n) is 3.52. The van der Waals surface area contributed by atoms with Crippen LogP contribution < -0.4 is 10.1 Å². The lowest BCUT2D eigenvalue weighted by Crippen LogP contribution is -2.44. The number of carbonyl (C=O) groups excluding carboxylic acids is 2. The van der Waals surface area contributed by atoms with E-state index in [0.29, 0.717) is 19.0 Å². The number of hydrogen-bond donors (Lipinski definition) is 1. The Morgan fingerprint density at radius 1 is 1.29 bits per heavy atom. The zero-order chi connectivity index (χ0) is 16.9. The van der Waals surface area contributed by atoms with Crippen molar-refractivity contribution >= 4 is 11.8 Å². The maximum Gasteiger partial charge on any atom is 0.243 e. The molecule has 2 heterocycles. The number of carbonyl (C=O) groups is 2. The number of hydrogen-bond acceptors (Lipinski definition) is 4. The van der Waals surface area contributed by atoms with Crippen LogP contribution in [0, 0.1) is 0 Å². The van der Waals surface area contributed by atoms with Crippen LogP contribution in [0.25, 0.3) is 0 Å². The molecule has 1 aromatic rings. The fourth-order valence-corrected chi connectivity index (χ4v) is 3.52. The van der Waals surface area contributed by atoms with Gasteiger partial charge in [0.2, 0.25) is 17.7 Å². The monoisotopic (exact) mass is 331 g/mol. The largest absolute Gasteiger partial charge is 0.474 e. The van der Waals surface area contributed by atoms with Gasteiger partial charge in [-0.1, -0.05) is 0 Å². The average Bonchev–Trinajstić information content (AvgIpc) is 3.24. The molecule has 2 amide bonds. The highest BCUT2D eigenvalue weighted by atomic mass is 16.5. The molecule has 1 unspecified atom stereocenters. The summed E-state index contributed by atoms with van der Waals surface area (Å²) in [6.45, 7) is 2.60. The lowest BCUT2D eigenvalue weighted by molar-refractivity contribution is -0.136. The zero-order valence-corrected chi connectivity index (χ0v) is 14.2. The zero-order valence-electron chi connectivity index (χ0n) is 14.2. The molecule has 0 spiro atoms.